The van der Waals surface area contributed by atoms with E-state index in [2.05, 4.69) is 20.5 Å². The van der Waals surface area contributed by atoms with Crippen molar-refractivity contribution in [1.29, 1.82) is 0 Å². The van der Waals surface area contributed by atoms with E-state index >= 15 is 0 Å². The first-order valence-electron chi connectivity index (χ1n) is 7.33. The minimum Gasteiger partial charge on any atom is -0.365 e. The van der Waals surface area contributed by atoms with Gasteiger partial charge >= 0.3 is 0 Å². The summed E-state index contributed by atoms with van der Waals surface area (Å²) in [5, 5.41) is 10.6. The molecule has 0 aliphatic carbocycles. The van der Waals surface area contributed by atoms with Crippen LogP contribution in [0.25, 0.3) is 0 Å². The van der Waals surface area contributed by atoms with Crippen LogP contribution in [-0.2, 0) is 16.0 Å². The third kappa shape index (κ3) is 4.22. The second kappa shape index (κ2) is 7.29. The van der Waals surface area contributed by atoms with Crippen LogP contribution in [0.1, 0.15) is 30.3 Å². The molecule has 0 spiro atoms. The highest BCUT2D eigenvalue weighted by Crippen LogP contribution is 2.30. The largest absolute Gasteiger partial charge is 0.365 e. The first-order chi connectivity index (χ1) is 11.1. The van der Waals surface area contributed by atoms with Crippen molar-refractivity contribution in [1.82, 2.24) is 20.5 Å². The van der Waals surface area contributed by atoms with Gasteiger partial charge in [-0.3, -0.25) is 9.89 Å². The van der Waals surface area contributed by atoms with E-state index in [0.29, 0.717) is 22.2 Å². The van der Waals surface area contributed by atoms with Gasteiger partial charge in [0.25, 0.3) is 0 Å². The molecule has 0 radical (unpaired) electrons. The highest BCUT2D eigenvalue weighted by Gasteiger charge is 2.28. The lowest BCUT2D eigenvalue weighted by atomic mass is 10.1. The summed E-state index contributed by atoms with van der Waals surface area (Å²) in [6, 6.07) is 5.09. The highest BCUT2D eigenvalue weighted by atomic mass is 35.5. The number of carbonyl (C=O) groups is 1. The van der Waals surface area contributed by atoms with Crippen molar-refractivity contribution in [3.8, 4) is 0 Å². The SMILES string of the molecule is O=C(Cc1cc(Cl)ccc1Cl)NC[C@H]1CC[C@@H](c2ncn[nH]2)O1. The molecule has 8 heteroatoms. The van der Waals surface area contributed by atoms with Crippen LogP contribution in [0.4, 0.5) is 0 Å². The number of carbonyl (C=O) groups excluding carboxylic acids is 1. The molecule has 1 saturated heterocycles. The Labute approximate surface area is 143 Å². The Morgan fingerprint density at radius 1 is 1.39 bits per heavy atom. The van der Waals surface area contributed by atoms with Crippen LogP contribution in [0.15, 0.2) is 24.5 Å². The number of benzene rings is 1. The Morgan fingerprint density at radius 3 is 3.04 bits per heavy atom. The van der Waals surface area contributed by atoms with Crippen molar-refractivity contribution < 1.29 is 9.53 Å². The van der Waals surface area contributed by atoms with Crippen LogP contribution in [0.3, 0.4) is 0 Å². The van der Waals surface area contributed by atoms with Crippen molar-refractivity contribution in [3.63, 3.8) is 0 Å². The number of hydrogen-bond acceptors (Lipinski definition) is 4. The fourth-order valence-corrected chi connectivity index (χ4v) is 2.95. The first-order valence-corrected chi connectivity index (χ1v) is 8.09. The molecule has 0 bridgehead atoms. The first kappa shape index (κ1) is 16.2. The van der Waals surface area contributed by atoms with E-state index in [1.807, 2.05) is 0 Å². The number of H-pyrrole nitrogens is 1. The monoisotopic (exact) mass is 354 g/mol. The lowest BCUT2D eigenvalue weighted by Crippen LogP contribution is -2.33. The zero-order chi connectivity index (χ0) is 16.2. The number of ether oxygens (including phenoxy) is 1. The van der Waals surface area contributed by atoms with E-state index in [1.54, 1.807) is 18.2 Å². The van der Waals surface area contributed by atoms with E-state index < -0.39 is 0 Å². The van der Waals surface area contributed by atoms with Gasteiger partial charge in [0, 0.05) is 16.6 Å². The van der Waals surface area contributed by atoms with Gasteiger partial charge in [-0.2, -0.15) is 5.10 Å². The summed E-state index contributed by atoms with van der Waals surface area (Å²) in [5.74, 6) is 0.616. The zero-order valence-electron chi connectivity index (χ0n) is 12.3. The predicted molar refractivity (Wildman–Crippen MR) is 86.4 cm³/mol. The van der Waals surface area contributed by atoms with Crippen LogP contribution in [0.2, 0.25) is 10.0 Å². The Hall–Kier alpha value is -1.63. The summed E-state index contributed by atoms with van der Waals surface area (Å²) in [7, 11) is 0. The second-order valence-corrected chi connectivity index (χ2v) is 6.26. The van der Waals surface area contributed by atoms with Gasteiger partial charge in [-0.25, -0.2) is 4.98 Å². The van der Waals surface area contributed by atoms with Gasteiger partial charge in [-0.15, -0.1) is 0 Å². The summed E-state index contributed by atoms with van der Waals surface area (Å²) in [6.07, 6.45) is 3.27. The van der Waals surface area contributed by atoms with Gasteiger partial charge in [-0.05, 0) is 36.6 Å². The summed E-state index contributed by atoms with van der Waals surface area (Å²) in [4.78, 5) is 16.1. The minimum atomic E-state index is -0.110. The highest BCUT2D eigenvalue weighted by molar-refractivity contribution is 6.33. The van der Waals surface area contributed by atoms with E-state index in [4.69, 9.17) is 27.9 Å². The van der Waals surface area contributed by atoms with Gasteiger partial charge < -0.3 is 10.1 Å². The fraction of sp³-hybridized carbons (Fsp3) is 0.400. The van der Waals surface area contributed by atoms with Crippen molar-refractivity contribution in [2.24, 2.45) is 0 Å². The summed E-state index contributed by atoms with van der Waals surface area (Å²) in [6.45, 7) is 0.460. The molecule has 2 aromatic rings. The maximum absolute atomic E-state index is 12.0. The quantitative estimate of drug-likeness (QED) is 0.864. The second-order valence-electron chi connectivity index (χ2n) is 5.41. The van der Waals surface area contributed by atoms with Gasteiger partial charge in [0.2, 0.25) is 5.91 Å². The molecule has 1 aliphatic heterocycles. The molecule has 2 N–H and O–H groups in total. The molecule has 2 atom stereocenters. The van der Waals surface area contributed by atoms with E-state index in [9.17, 15) is 4.79 Å². The summed E-state index contributed by atoms with van der Waals surface area (Å²) < 4.78 is 5.85. The van der Waals surface area contributed by atoms with Crippen molar-refractivity contribution in [3.05, 3.63) is 46.0 Å². The molecule has 1 fully saturated rings. The number of aromatic amines is 1. The average Bonchev–Trinajstić information content (AvgIpc) is 3.19. The van der Waals surface area contributed by atoms with Gasteiger partial charge in [0.1, 0.15) is 12.4 Å². The molecule has 1 aromatic heterocycles. The smallest absolute Gasteiger partial charge is 0.224 e. The molecule has 1 aliphatic rings. The maximum Gasteiger partial charge on any atom is 0.224 e. The molecule has 0 unspecified atom stereocenters. The number of amides is 1. The molecular weight excluding hydrogens is 339 g/mol. The van der Waals surface area contributed by atoms with Crippen LogP contribution in [-0.4, -0.2) is 33.7 Å². The Balaban J connectivity index is 1.47. The van der Waals surface area contributed by atoms with Crippen molar-refractivity contribution >= 4 is 29.1 Å². The van der Waals surface area contributed by atoms with Crippen LogP contribution in [0, 0.1) is 0 Å². The number of hydrogen-bond donors (Lipinski definition) is 2. The van der Waals surface area contributed by atoms with E-state index in [1.165, 1.54) is 6.33 Å². The molecule has 122 valence electrons. The molecule has 23 heavy (non-hydrogen) atoms. The summed E-state index contributed by atoms with van der Waals surface area (Å²) in [5.41, 5.74) is 0.712. The molecule has 1 amide bonds. The Kier molecular flexibility index (Phi) is 5.15. The average molecular weight is 355 g/mol. The Morgan fingerprint density at radius 2 is 2.26 bits per heavy atom. The lowest BCUT2D eigenvalue weighted by Gasteiger charge is -2.13. The molecule has 3 rings (SSSR count). The summed E-state index contributed by atoms with van der Waals surface area (Å²) >= 11 is 12.0. The molecule has 6 nitrogen and oxygen atoms in total. The number of rotatable bonds is 5. The van der Waals surface area contributed by atoms with E-state index in [-0.39, 0.29) is 24.5 Å². The van der Waals surface area contributed by atoms with Crippen molar-refractivity contribution in [2.45, 2.75) is 31.5 Å². The van der Waals surface area contributed by atoms with Crippen LogP contribution in [0.5, 0.6) is 0 Å². The Bertz CT molecular complexity index is 678. The lowest BCUT2D eigenvalue weighted by molar-refractivity contribution is -0.121. The van der Waals surface area contributed by atoms with Gasteiger partial charge in [0.15, 0.2) is 5.82 Å². The molecule has 1 aromatic carbocycles. The predicted octanol–water partition coefficient (Wildman–Crippen LogP) is 2.69. The normalized spacial score (nSPS) is 20.6. The molecule has 0 saturated carbocycles. The van der Waals surface area contributed by atoms with E-state index in [0.717, 1.165) is 18.7 Å². The van der Waals surface area contributed by atoms with Gasteiger partial charge in [-0.1, -0.05) is 23.2 Å². The number of aromatic nitrogens is 3. The fourth-order valence-electron chi connectivity index (χ4n) is 2.57. The standard InChI is InChI=1S/C15H16Cl2N4O2/c16-10-1-3-12(17)9(5-10)6-14(22)18-7-11-2-4-13(23-11)15-19-8-20-21-15/h1,3,5,8,11,13H,2,4,6-7H2,(H,18,22)(H,19,20,21)/t11-,13+/m1/s1. The number of nitrogens with zero attached hydrogens (tertiary/aromatic N) is 2. The third-order valence-electron chi connectivity index (χ3n) is 3.73. The third-order valence-corrected chi connectivity index (χ3v) is 4.34. The van der Waals surface area contributed by atoms with Gasteiger partial charge in [0.05, 0.1) is 12.5 Å². The topological polar surface area (TPSA) is 79.9 Å². The number of nitrogens with one attached hydrogen (secondary N) is 2. The van der Waals surface area contributed by atoms with Crippen LogP contribution >= 0.6 is 23.2 Å². The minimum absolute atomic E-state index is 0.0242. The maximum atomic E-state index is 12.0. The molecule has 2 heterocycles. The number of halogens is 2. The zero-order valence-corrected chi connectivity index (χ0v) is 13.8. The van der Waals surface area contributed by atoms with Crippen LogP contribution < -0.4 is 5.32 Å². The molecular formula is C15H16Cl2N4O2. The van der Waals surface area contributed by atoms with Crippen molar-refractivity contribution in [2.75, 3.05) is 6.54 Å².